The Morgan fingerprint density at radius 3 is 2.31 bits per heavy atom. The zero-order valence-corrected chi connectivity index (χ0v) is 6.74. The highest BCUT2D eigenvalue weighted by Gasteiger charge is 2.51. The largest absolute Gasteiger partial charge is 0.394 e. The van der Waals surface area contributed by atoms with Gasteiger partial charge in [0.2, 0.25) is 6.29 Å². The molecule has 0 aromatic rings. The van der Waals surface area contributed by atoms with Crippen LogP contribution in [0.25, 0.3) is 0 Å². The molecule has 78 valence electrons. The lowest BCUT2D eigenvalue weighted by Gasteiger charge is -2.43. The van der Waals surface area contributed by atoms with E-state index in [2.05, 4.69) is 4.74 Å². The zero-order chi connectivity index (χ0) is 10.2. The molecule has 1 fully saturated rings. The standard InChI is InChI=1S/C6H13NO6/c7-6(12)4(10)3(9)2(1-8)13-5(6)11/h2-5,8-12H,1,7H2/t2-,3-,4+,5?,6-/m1/s1. The molecular formula is C6H13NO6. The van der Waals surface area contributed by atoms with Crippen LogP contribution < -0.4 is 5.73 Å². The summed E-state index contributed by atoms with van der Waals surface area (Å²) in [6.45, 7) is -0.592. The van der Waals surface area contributed by atoms with Crippen LogP contribution in [-0.4, -0.2) is 62.5 Å². The van der Waals surface area contributed by atoms with E-state index in [1.54, 1.807) is 0 Å². The highest BCUT2D eigenvalue weighted by Crippen LogP contribution is 2.24. The van der Waals surface area contributed by atoms with Crippen molar-refractivity contribution < 1.29 is 30.3 Å². The Hall–Kier alpha value is -0.280. The third-order valence-corrected chi connectivity index (χ3v) is 2.06. The van der Waals surface area contributed by atoms with E-state index in [1.165, 1.54) is 0 Å². The summed E-state index contributed by atoms with van der Waals surface area (Å²) in [7, 11) is 0. The molecule has 1 saturated heterocycles. The van der Waals surface area contributed by atoms with E-state index in [0.29, 0.717) is 0 Å². The molecule has 0 saturated carbocycles. The Labute approximate surface area is 74.0 Å². The minimum absolute atomic E-state index is 0.592. The summed E-state index contributed by atoms with van der Waals surface area (Å²) in [6.07, 6.45) is -6.31. The fraction of sp³-hybridized carbons (Fsp3) is 1.00. The summed E-state index contributed by atoms with van der Waals surface area (Å²) in [5.41, 5.74) is 2.64. The molecule has 0 aromatic heterocycles. The van der Waals surface area contributed by atoms with Crippen molar-refractivity contribution in [1.29, 1.82) is 0 Å². The topological polar surface area (TPSA) is 136 Å². The second-order valence-corrected chi connectivity index (χ2v) is 3.03. The highest BCUT2D eigenvalue weighted by molar-refractivity contribution is 4.95. The molecule has 5 atom stereocenters. The first kappa shape index (κ1) is 10.8. The maximum absolute atomic E-state index is 9.21. The lowest BCUT2D eigenvalue weighted by molar-refractivity contribution is -0.327. The van der Waals surface area contributed by atoms with Crippen molar-refractivity contribution in [3.8, 4) is 0 Å². The van der Waals surface area contributed by atoms with Gasteiger partial charge in [-0.05, 0) is 0 Å². The van der Waals surface area contributed by atoms with E-state index in [9.17, 15) is 15.3 Å². The number of hydrogen-bond donors (Lipinski definition) is 6. The second kappa shape index (κ2) is 3.46. The van der Waals surface area contributed by atoms with Crippen LogP contribution in [0, 0.1) is 0 Å². The Morgan fingerprint density at radius 1 is 1.31 bits per heavy atom. The third kappa shape index (κ3) is 1.67. The predicted molar refractivity (Wildman–Crippen MR) is 39.1 cm³/mol. The Kier molecular flexibility index (Phi) is 2.88. The Bertz CT molecular complexity index is 186. The van der Waals surface area contributed by atoms with Gasteiger partial charge >= 0.3 is 0 Å². The summed E-state index contributed by atoms with van der Waals surface area (Å²) in [6, 6.07) is 0. The van der Waals surface area contributed by atoms with E-state index in [0.717, 1.165) is 0 Å². The monoisotopic (exact) mass is 195 g/mol. The summed E-state index contributed by atoms with van der Waals surface area (Å²) in [5, 5.41) is 45.3. The quantitative estimate of drug-likeness (QED) is 0.235. The van der Waals surface area contributed by atoms with Crippen LogP contribution in [0.3, 0.4) is 0 Å². The Morgan fingerprint density at radius 2 is 1.85 bits per heavy atom. The normalized spacial score (nSPS) is 52.2. The van der Waals surface area contributed by atoms with Gasteiger partial charge in [-0.3, -0.25) is 5.73 Å². The first-order valence-electron chi connectivity index (χ1n) is 3.73. The first-order chi connectivity index (χ1) is 5.91. The molecule has 1 heterocycles. The van der Waals surface area contributed by atoms with E-state index in [-0.39, 0.29) is 0 Å². The minimum atomic E-state index is -2.43. The fourth-order valence-electron chi connectivity index (χ4n) is 1.13. The lowest BCUT2D eigenvalue weighted by atomic mass is 9.94. The number of hydrogen-bond acceptors (Lipinski definition) is 7. The van der Waals surface area contributed by atoms with Gasteiger partial charge in [0.05, 0.1) is 6.61 Å². The van der Waals surface area contributed by atoms with Gasteiger partial charge in [0.1, 0.15) is 18.3 Å². The van der Waals surface area contributed by atoms with Crippen molar-refractivity contribution in [3.05, 3.63) is 0 Å². The van der Waals surface area contributed by atoms with Crippen LogP contribution in [-0.2, 0) is 4.74 Å². The molecule has 1 aliphatic rings. The number of nitrogens with two attached hydrogens (primary N) is 1. The SMILES string of the molecule is N[C@]1(O)C(O)O[C@H](CO)[C@@H](O)[C@@H]1O. The van der Waals surface area contributed by atoms with Gasteiger partial charge < -0.3 is 30.3 Å². The molecular weight excluding hydrogens is 182 g/mol. The Balaban J connectivity index is 2.79. The molecule has 7 nitrogen and oxygen atoms in total. The number of aliphatic hydroxyl groups excluding tert-OH is 4. The summed E-state index contributed by atoms with van der Waals surface area (Å²) >= 11 is 0. The molecule has 7 heteroatoms. The van der Waals surface area contributed by atoms with Gasteiger partial charge in [-0.1, -0.05) is 0 Å². The van der Waals surface area contributed by atoms with Crippen molar-refractivity contribution in [2.45, 2.75) is 30.3 Å². The molecule has 0 aliphatic carbocycles. The molecule has 0 bridgehead atoms. The minimum Gasteiger partial charge on any atom is -0.394 e. The first-order valence-corrected chi connectivity index (χ1v) is 3.73. The van der Waals surface area contributed by atoms with Crippen molar-refractivity contribution in [1.82, 2.24) is 0 Å². The summed E-state index contributed by atoms with van der Waals surface area (Å²) in [4.78, 5) is 0. The van der Waals surface area contributed by atoms with Crippen LogP contribution in [0.15, 0.2) is 0 Å². The van der Waals surface area contributed by atoms with Gasteiger partial charge in [0.25, 0.3) is 0 Å². The fourth-order valence-corrected chi connectivity index (χ4v) is 1.13. The lowest BCUT2D eigenvalue weighted by Crippen LogP contribution is -2.70. The molecule has 7 N–H and O–H groups in total. The van der Waals surface area contributed by atoms with E-state index in [4.69, 9.17) is 15.9 Å². The van der Waals surface area contributed by atoms with E-state index < -0.39 is 36.9 Å². The third-order valence-electron chi connectivity index (χ3n) is 2.06. The highest BCUT2D eigenvalue weighted by atomic mass is 16.6. The molecule has 0 spiro atoms. The van der Waals surface area contributed by atoms with Crippen LogP contribution >= 0.6 is 0 Å². The van der Waals surface area contributed by atoms with Gasteiger partial charge in [0, 0.05) is 0 Å². The molecule has 1 aliphatic heterocycles. The van der Waals surface area contributed by atoms with Crippen LogP contribution in [0.2, 0.25) is 0 Å². The average Bonchev–Trinajstić information content (AvgIpc) is 2.09. The zero-order valence-electron chi connectivity index (χ0n) is 6.74. The average molecular weight is 195 g/mol. The molecule has 0 radical (unpaired) electrons. The predicted octanol–water partition coefficient (Wildman–Crippen LogP) is -3.94. The van der Waals surface area contributed by atoms with Gasteiger partial charge in [0.15, 0.2) is 5.72 Å². The van der Waals surface area contributed by atoms with Crippen LogP contribution in [0.1, 0.15) is 0 Å². The molecule has 1 rings (SSSR count). The van der Waals surface area contributed by atoms with Gasteiger partial charge in [-0.2, -0.15) is 0 Å². The van der Waals surface area contributed by atoms with Crippen molar-refractivity contribution >= 4 is 0 Å². The van der Waals surface area contributed by atoms with E-state index >= 15 is 0 Å². The summed E-state index contributed by atoms with van der Waals surface area (Å²) < 4.78 is 4.55. The molecule has 1 unspecified atom stereocenters. The smallest absolute Gasteiger partial charge is 0.200 e. The van der Waals surface area contributed by atoms with Crippen molar-refractivity contribution in [2.24, 2.45) is 5.73 Å². The summed E-state index contributed by atoms with van der Waals surface area (Å²) in [5.74, 6) is 0. The molecule has 0 amide bonds. The molecule has 13 heavy (non-hydrogen) atoms. The van der Waals surface area contributed by atoms with Crippen LogP contribution in [0.5, 0.6) is 0 Å². The number of rotatable bonds is 1. The van der Waals surface area contributed by atoms with Crippen molar-refractivity contribution in [3.63, 3.8) is 0 Å². The van der Waals surface area contributed by atoms with E-state index in [1.807, 2.05) is 0 Å². The number of ether oxygens (including phenoxy) is 1. The number of aliphatic hydroxyl groups is 5. The van der Waals surface area contributed by atoms with Crippen molar-refractivity contribution in [2.75, 3.05) is 6.61 Å². The molecule has 0 aromatic carbocycles. The maximum Gasteiger partial charge on any atom is 0.200 e. The second-order valence-electron chi connectivity index (χ2n) is 3.03. The van der Waals surface area contributed by atoms with Gasteiger partial charge in [-0.25, -0.2) is 0 Å². The van der Waals surface area contributed by atoms with Crippen LogP contribution in [0.4, 0.5) is 0 Å². The maximum atomic E-state index is 9.21. The van der Waals surface area contributed by atoms with Gasteiger partial charge in [-0.15, -0.1) is 0 Å².